The van der Waals surface area contributed by atoms with Gasteiger partial charge in [0.2, 0.25) is 0 Å². The first kappa shape index (κ1) is 8.47. The molecule has 0 saturated carbocycles. The Bertz CT molecular complexity index is 223. The van der Waals surface area contributed by atoms with Crippen molar-refractivity contribution in [3.63, 3.8) is 0 Å². The molecule has 0 amide bonds. The molecule has 0 aliphatic rings. The average Bonchev–Trinajstić information content (AvgIpc) is 2.01. The molecule has 0 spiro atoms. The molecule has 1 aromatic rings. The molecule has 0 unspecified atom stereocenters. The van der Waals surface area contributed by atoms with Crippen LogP contribution in [0.5, 0.6) is 5.75 Å². The third-order valence-electron chi connectivity index (χ3n) is 1.53. The van der Waals surface area contributed by atoms with Gasteiger partial charge in [0.15, 0.2) is 0 Å². The maximum atomic E-state index is 9.09. The predicted octanol–water partition coefficient (Wildman–Crippen LogP) is 2.25. The van der Waals surface area contributed by atoms with Gasteiger partial charge in [-0.1, -0.05) is 12.1 Å². The maximum absolute atomic E-state index is 9.09. The van der Waals surface area contributed by atoms with Gasteiger partial charge in [-0.15, -0.1) is 0 Å². The zero-order valence-electron chi connectivity index (χ0n) is 6.33. The molecular weight excluding hydrogens is 156 g/mol. The second-order valence-corrected chi connectivity index (χ2v) is 2.94. The Labute approximate surface area is 72.5 Å². The van der Waals surface area contributed by atoms with E-state index in [-0.39, 0.29) is 0 Å². The quantitative estimate of drug-likeness (QED) is 0.663. The van der Waals surface area contributed by atoms with Gasteiger partial charge in [0.25, 0.3) is 0 Å². The monoisotopic (exact) mass is 168 g/mol. The molecule has 0 heterocycles. The minimum Gasteiger partial charge on any atom is -0.508 e. The highest BCUT2D eigenvalue weighted by molar-refractivity contribution is 7.80. The van der Waals surface area contributed by atoms with Crippen molar-refractivity contribution in [2.75, 3.05) is 5.75 Å². The van der Waals surface area contributed by atoms with Gasteiger partial charge in [0.1, 0.15) is 5.75 Å². The van der Waals surface area contributed by atoms with Crippen molar-refractivity contribution in [1.82, 2.24) is 0 Å². The van der Waals surface area contributed by atoms with Gasteiger partial charge in [-0.3, -0.25) is 0 Å². The fourth-order valence-electron chi connectivity index (χ4n) is 0.995. The van der Waals surface area contributed by atoms with E-state index in [9.17, 15) is 0 Å². The van der Waals surface area contributed by atoms with Crippen molar-refractivity contribution in [3.05, 3.63) is 29.8 Å². The number of hydrogen-bond acceptors (Lipinski definition) is 2. The van der Waals surface area contributed by atoms with Crippen LogP contribution in [0.1, 0.15) is 12.0 Å². The lowest BCUT2D eigenvalue weighted by atomic mass is 10.1. The van der Waals surface area contributed by atoms with Gasteiger partial charge >= 0.3 is 0 Å². The molecule has 1 aromatic carbocycles. The number of benzene rings is 1. The molecule has 0 radical (unpaired) electrons. The smallest absolute Gasteiger partial charge is 0.115 e. The summed E-state index contributed by atoms with van der Waals surface area (Å²) in [6, 6.07) is 7.36. The Morgan fingerprint density at radius 3 is 2.82 bits per heavy atom. The molecule has 1 nitrogen and oxygen atoms in total. The summed E-state index contributed by atoms with van der Waals surface area (Å²) in [6.45, 7) is 0. The van der Waals surface area contributed by atoms with Gasteiger partial charge in [0, 0.05) is 0 Å². The third-order valence-corrected chi connectivity index (χ3v) is 1.85. The molecule has 0 bridgehead atoms. The van der Waals surface area contributed by atoms with Crippen molar-refractivity contribution >= 4 is 12.6 Å². The number of phenols is 1. The van der Waals surface area contributed by atoms with Crippen molar-refractivity contribution in [1.29, 1.82) is 0 Å². The second-order valence-electron chi connectivity index (χ2n) is 2.50. The molecule has 0 saturated heterocycles. The van der Waals surface area contributed by atoms with Crippen molar-refractivity contribution < 1.29 is 5.11 Å². The molecule has 60 valence electrons. The molecule has 0 atom stereocenters. The maximum Gasteiger partial charge on any atom is 0.115 e. The fraction of sp³-hybridized carbons (Fsp3) is 0.333. The van der Waals surface area contributed by atoms with Crippen LogP contribution in [0.4, 0.5) is 0 Å². The van der Waals surface area contributed by atoms with Crippen LogP contribution in [-0.2, 0) is 6.42 Å². The normalized spacial score (nSPS) is 9.91. The largest absolute Gasteiger partial charge is 0.508 e. The lowest BCUT2D eigenvalue weighted by Gasteiger charge is -1.98. The summed E-state index contributed by atoms with van der Waals surface area (Å²) in [5.74, 6) is 1.25. The first-order valence-corrected chi connectivity index (χ1v) is 4.35. The minimum absolute atomic E-state index is 0.349. The molecule has 2 heteroatoms. The van der Waals surface area contributed by atoms with E-state index < -0.39 is 0 Å². The number of phenolic OH excluding ortho intramolecular Hbond substituents is 1. The summed E-state index contributed by atoms with van der Waals surface area (Å²) in [7, 11) is 0. The predicted molar refractivity (Wildman–Crippen MR) is 50.3 cm³/mol. The average molecular weight is 168 g/mol. The number of hydrogen-bond donors (Lipinski definition) is 2. The van der Waals surface area contributed by atoms with Crippen molar-refractivity contribution in [2.24, 2.45) is 0 Å². The van der Waals surface area contributed by atoms with E-state index >= 15 is 0 Å². The van der Waals surface area contributed by atoms with E-state index in [1.54, 1.807) is 12.1 Å². The topological polar surface area (TPSA) is 20.2 Å². The first-order chi connectivity index (χ1) is 5.33. The van der Waals surface area contributed by atoms with Crippen LogP contribution in [0.25, 0.3) is 0 Å². The van der Waals surface area contributed by atoms with Crippen molar-refractivity contribution in [2.45, 2.75) is 12.8 Å². The van der Waals surface area contributed by atoms with Crippen LogP contribution in [-0.4, -0.2) is 10.9 Å². The summed E-state index contributed by atoms with van der Waals surface area (Å²) in [6.07, 6.45) is 2.06. The molecule has 0 aromatic heterocycles. The Morgan fingerprint density at radius 1 is 1.36 bits per heavy atom. The van der Waals surface area contributed by atoms with E-state index in [0.29, 0.717) is 5.75 Å². The summed E-state index contributed by atoms with van der Waals surface area (Å²) < 4.78 is 0. The fourth-order valence-corrected chi connectivity index (χ4v) is 1.15. The van der Waals surface area contributed by atoms with E-state index in [1.165, 1.54) is 5.56 Å². The highest BCUT2D eigenvalue weighted by Crippen LogP contribution is 2.12. The van der Waals surface area contributed by atoms with Crippen LogP contribution in [0.3, 0.4) is 0 Å². The number of aryl methyl sites for hydroxylation is 1. The van der Waals surface area contributed by atoms with E-state index in [1.807, 2.05) is 12.1 Å². The lowest BCUT2D eigenvalue weighted by molar-refractivity contribution is 0.474. The zero-order valence-corrected chi connectivity index (χ0v) is 7.22. The van der Waals surface area contributed by atoms with E-state index in [4.69, 9.17) is 5.11 Å². The third kappa shape index (κ3) is 2.85. The molecule has 0 fully saturated rings. The molecule has 1 rings (SSSR count). The summed E-state index contributed by atoms with van der Waals surface area (Å²) in [5, 5.41) is 9.09. The highest BCUT2D eigenvalue weighted by atomic mass is 32.1. The van der Waals surface area contributed by atoms with Gasteiger partial charge in [0.05, 0.1) is 0 Å². The molecule has 11 heavy (non-hydrogen) atoms. The van der Waals surface area contributed by atoms with E-state index in [0.717, 1.165) is 18.6 Å². The van der Waals surface area contributed by atoms with Crippen LogP contribution >= 0.6 is 12.6 Å². The van der Waals surface area contributed by atoms with Crippen molar-refractivity contribution in [3.8, 4) is 5.75 Å². The highest BCUT2D eigenvalue weighted by Gasteiger charge is 1.92. The van der Waals surface area contributed by atoms with Gasteiger partial charge in [-0.05, 0) is 36.3 Å². The van der Waals surface area contributed by atoms with Gasteiger partial charge in [-0.2, -0.15) is 12.6 Å². The Morgan fingerprint density at radius 2 is 2.18 bits per heavy atom. The Balaban J connectivity index is 2.56. The van der Waals surface area contributed by atoms with Gasteiger partial charge in [-0.25, -0.2) is 0 Å². The second kappa shape index (κ2) is 4.29. The first-order valence-electron chi connectivity index (χ1n) is 3.71. The molecule has 0 aliphatic heterocycles. The van der Waals surface area contributed by atoms with Crippen LogP contribution in [0, 0.1) is 0 Å². The van der Waals surface area contributed by atoms with E-state index in [2.05, 4.69) is 12.6 Å². The summed E-state index contributed by atoms with van der Waals surface area (Å²) in [4.78, 5) is 0. The Kier molecular flexibility index (Phi) is 3.30. The molecular formula is C9H12OS. The van der Waals surface area contributed by atoms with Crippen LogP contribution in [0.2, 0.25) is 0 Å². The summed E-state index contributed by atoms with van der Waals surface area (Å²) in [5.41, 5.74) is 1.18. The lowest BCUT2D eigenvalue weighted by Crippen LogP contribution is -1.84. The van der Waals surface area contributed by atoms with Crippen LogP contribution in [0.15, 0.2) is 24.3 Å². The SMILES string of the molecule is Oc1cccc(CCCS)c1. The molecule has 0 aliphatic carbocycles. The van der Waals surface area contributed by atoms with Gasteiger partial charge < -0.3 is 5.11 Å². The minimum atomic E-state index is 0.349. The summed E-state index contributed by atoms with van der Waals surface area (Å²) >= 11 is 4.11. The Hall–Kier alpha value is -0.630. The number of thiol groups is 1. The van der Waals surface area contributed by atoms with Crippen LogP contribution < -0.4 is 0 Å². The zero-order chi connectivity index (χ0) is 8.10. The molecule has 1 N–H and O–H groups in total. The standard InChI is InChI=1S/C9H12OS/c10-9-5-1-3-8(7-9)4-2-6-11/h1,3,5,7,10-11H,2,4,6H2. The number of aromatic hydroxyl groups is 1. The number of rotatable bonds is 3.